The van der Waals surface area contributed by atoms with Gasteiger partial charge in [-0.2, -0.15) is 0 Å². The lowest BCUT2D eigenvalue weighted by Crippen LogP contribution is -2.15. The van der Waals surface area contributed by atoms with E-state index in [9.17, 15) is 9.90 Å². The molecule has 0 fully saturated rings. The van der Waals surface area contributed by atoms with Crippen LogP contribution in [-0.4, -0.2) is 31.0 Å². The summed E-state index contributed by atoms with van der Waals surface area (Å²) in [5.74, 6) is 0.755. The van der Waals surface area contributed by atoms with Crippen molar-refractivity contribution in [2.24, 2.45) is 0 Å². The van der Waals surface area contributed by atoms with Gasteiger partial charge >= 0.3 is 5.97 Å². The van der Waals surface area contributed by atoms with E-state index in [4.69, 9.17) is 4.98 Å². The summed E-state index contributed by atoms with van der Waals surface area (Å²) in [5.41, 5.74) is 8.45. The second-order valence-electron chi connectivity index (χ2n) is 8.77. The highest BCUT2D eigenvalue weighted by atomic mass is 16.4. The predicted octanol–water partition coefficient (Wildman–Crippen LogP) is 5.47. The number of hydrogen-bond acceptors (Lipinski definition) is 5. The zero-order chi connectivity index (χ0) is 23.9. The van der Waals surface area contributed by atoms with Crippen LogP contribution in [0.5, 0.6) is 0 Å². The number of hydrogen-bond donors (Lipinski definition) is 2. The Bertz CT molecular complexity index is 1560. The molecule has 3 aromatic heterocycles. The normalized spacial score (nSPS) is 12.8. The molecule has 0 amide bonds. The summed E-state index contributed by atoms with van der Waals surface area (Å²) in [4.78, 5) is 30.8. The first-order valence-corrected chi connectivity index (χ1v) is 11.6. The Balaban J connectivity index is 1.19. The molecule has 0 radical (unpaired) electrons. The maximum Gasteiger partial charge on any atom is 0.335 e. The van der Waals surface area contributed by atoms with Crippen LogP contribution in [0.3, 0.4) is 0 Å². The molecular weight excluding hydrogens is 438 g/mol. The van der Waals surface area contributed by atoms with Gasteiger partial charge in [0.15, 0.2) is 0 Å². The number of aryl methyl sites for hydroxylation is 1. The van der Waals surface area contributed by atoms with Crippen LogP contribution in [0.15, 0.2) is 73.1 Å². The molecule has 2 N–H and O–H groups in total. The fourth-order valence-corrected chi connectivity index (χ4v) is 4.53. The van der Waals surface area contributed by atoms with Crippen LogP contribution in [0.25, 0.3) is 33.7 Å². The Morgan fingerprint density at radius 2 is 1.77 bits per heavy atom. The maximum absolute atomic E-state index is 11.3. The van der Waals surface area contributed by atoms with E-state index >= 15 is 0 Å². The number of fused-ring (bicyclic) bond motifs is 2. The minimum absolute atomic E-state index is 0.316. The first kappa shape index (κ1) is 21.0. The summed E-state index contributed by atoms with van der Waals surface area (Å²) in [7, 11) is 0. The number of carboxylic acid groups (broad SMARTS) is 1. The number of aromatic nitrogens is 4. The first-order chi connectivity index (χ1) is 17.1. The van der Waals surface area contributed by atoms with Gasteiger partial charge in [-0.25, -0.2) is 14.8 Å². The molecule has 1 aliphatic rings. The Labute approximate surface area is 202 Å². The number of nitrogens with zero attached hydrogens (tertiary/aromatic N) is 4. The highest BCUT2D eigenvalue weighted by molar-refractivity contribution is 5.88. The van der Waals surface area contributed by atoms with Crippen molar-refractivity contribution in [3.05, 3.63) is 95.3 Å². The van der Waals surface area contributed by atoms with E-state index in [1.807, 2.05) is 48.8 Å². The quantitative estimate of drug-likeness (QED) is 0.361. The largest absolute Gasteiger partial charge is 0.478 e. The van der Waals surface area contributed by atoms with Gasteiger partial charge in [0, 0.05) is 36.6 Å². The van der Waals surface area contributed by atoms with Crippen molar-refractivity contribution in [1.82, 2.24) is 19.9 Å². The Morgan fingerprint density at radius 1 is 0.943 bits per heavy atom. The Morgan fingerprint density at radius 3 is 2.51 bits per heavy atom. The molecular formula is C28H23N5O2. The van der Waals surface area contributed by atoms with Crippen molar-refractivity contribution in [2.75, 3.05) is 4.90 Å². The van der Waals surface area contributed by atoms with Gasteiger partial charge in [-0.15, -0.1) is 0 Å². The van der Waals surface area contributed by atoms with Gasteiger partial charge in [-0.05, 0) is 71.6 Å². The van der Waals surface area contributed by atoms with Crippen molar-refractivity contribution in [3.8, 4) is 22.6 Å². The van der Waals surface area contributed by atoms with Gasteiger partial charge in [0.25, 0.3) is 0 Å². The van der Waals surface area contributed by atoms with Gasteiger partial charge in [0.05, 0.1) is 22.3 Å². The van der Waals surface area contributed by atoms with Crippen LogP contribution < -0.4 is 4.90 Å². The van der Waals surface area contributed by atoms with E-state index in [0.29, 0.717) is 18.7 Å². The van der Waals surface area contributed by atoms with Gasteiger partial charge in [-0.3, -0.25) is 4.98 Å². The molecule has 6 rings (SSSR count). The fraction of sp³-hybridized carbons (Fsp3) is 0.143. The SMILES string of the molecule is CCc1ccc2nc(-c3ccc(-c4ccc(N5Cc6ccc(C(=O)O)cc6C5)nc4)nc3)[nH]c2c1. The number of imidazole rings is 1. The summed E-state index contributed by atoms with van der Waals surface area (Å²) in [6, 6.07) is 19.6. The van der Waals surface area contributed by atoms with Gasteiger partial charge in [0.1, 0.15) is 11.6 Å². The second kappa shape index (κ2) is 8.36. The molecule has 2 aromatic carbocycles. The number of anilines is 1. The maximum atomic E-state index is 11.3. The summed E-state index contributed by atoms with van der Waals surface area (Å²) in [6.45, 7) is 3.50. The molecule has 4 heterocycles. The number of H-pyrrole nitrogens is 1. The van der Waals surface area contributed by atoms with E-state index in [1.165, 1.54) is 5.56 Å². The Hall–Kier alpha value is -4.52. The lowest BCUT2D eigenvalue weighted by Gasteiger charge is -2.16. The van der Waals surface area contributed by atoms with Crippen molar-refractivity contribution in [2.45, 2.75) is 26.4 Å². The number of aromatic carboxylic acids is 1. The number of aromatic amines is 1. The van der Waals surface area contributed by atoms with Crippen LogP contribution >= 0.6 is 0 Å². The van der Waals surface area contributed by atoms with E-state index in [2.05, 4.69) is 38.9 Å². The van der Waals surface area contributed by atoms with E-state index < -0.39 is 5.97 Å². The van der Waals surface area contributed by atoms with Crippen LogP contribution in [-0.2, 0) is 19.5 Å². The number of carboxylic acids is 1. The zero-order valence-corrected chi connectivity index (χ0v) is 19.2. The highest BCUT2D eigenvalue weighted by Crippen LogP contribution is 2.29. The van der Waals surface area contributed by atoms with Crippen LogP contribution in [0, 0.1) is 0 Å². The molecule has 0 aliphatic carbocycles. The average Bonchev–Trinajstić information content (AvgIpc) is 3.52. The fourth-order valence-electron chi connectivity index (χ4n) is 4.53. The van der Waals surface area contributed by atoms with E-state index in [1.54, 1.807) is 12.1 Å². The highest BCUT2D eigenvalue weighted by Gasteiger charge is 2.21. The molecule has 0 saturated heterocycles. The summed E-state index contributed by atoms with van der Waals surface area (Å²) >= 11 is 0. The van der Waals surface area contributed by atoms with Crippen LogP contribution in [0.2, 0.25) is 0 Å². The van der Waals surface area contributed by atoms with Crippen LogP contribution in [0.4, 0.5) is 5.82 Å². The number of carbonyl (C=O) groups is 1. The van der Waals surface area contributed by atoms with Crippen molar-refractivity contribution >= 4 is 22.8 Å². The molecule has 1 aliphatic heterocycles. The lowest BCUT2D eigenvalue weighted by atomic mass is 10.1. The third-order valence-electron chi connectivity index (χ3n) is 6.53. The van der Waals surface area contributed by atoms with Crippen molar-refractivity contribution < 1.29 is 9.90 Å². The first-order valence-electron chi connectivity index (χ1n) is 11.6. The third kappa shape index (κ3) is 3.91. The minimum Gasteiger partial charge on any atom is -0.478 e. The number of pyridine rings is 2. The smallest absolute Gasteiger partial charge is 0.335 e. The van der Waals surface area contributed by atoms with Gasteiger partial charge < -0.3 is 15.0 Å². The van der Waals surface area contributed by atoms with Crippen LogP contribution in [0.1, 0.15) is 34.0 Å². The number of nitrogens with one attached hydrogen (secondary N) is 1. The van der Waals surface area contributed by atoms with E-state index in [-0.39, 0.29) is 0 Å². The molecule has 0 bridgehead atoms. The molecule has 5 aromatic rings. The van der Waals surface area contributed by atoms with Crippen molar-refractivity contribution in [1.29, 1.82) is 0 Å². The monoisotopic (exact) mass is 461 g/mol. The minimum atomic E-state index is -0.904. The molecule has 0 saturated carbocycles. The topological polar surface area (TPSA) is 95.0 Å². The predicted molar refractivity (Wildman–Crippen MR) is 135 cm³/mol. The molecule has 7 nitrogen and oxygen atoms in total. The molecule has 7 heteroatoms. The average molecular weight is 462 g/mol. The molecule has 172 valence electrons. The third-order valence-corrected chi connectivity index (χ3v) is 6.53. The summed E-state index contributed by atoms with van der Waals surface area (Å²) in [6.07, 6.45) is 4.65. The summed E-state index contributed by atoms with van der Waals surface area (Å²) in [5, 5.41) is 9.24. The standard InChI is InChI=1S/C28H23N5O2/c1-2-17-3-8-24-25(11-17)32-27(31-24)20-6-9-23(29-14-20)19-7-10-26(30-13-19)33-15-21-5-4-18(28(34)35)12-22(21)16-33/h3-14H,2,15-16H2,1H3,(H,31,32)(H,34,35). The molecule has 0 unspecified atom stereocenters. The van der Waals surface area contributed by atoms with Gasteiger partial charge in [-0.1, -0.05) is 19.1 Å². The van der Waals surface area contributed by atoms with Gasteiger partial charge in [0.2, 0.25) is 0 Å². The lowest BCUT2D eigenvalue weighted by molar-refractivity contribution is 0.0696. The number of benzene rings is 2. The molecule has 35 heavy (non-hydrogen) atoms. The second-order valence-corrected chi connectivity index (χ2v) is 8.77. The summed E-state index contributed by atoms with van der Waals surface area (Å²) < 4.78 is 0. The Kier molecular flexibility index (Phi) is 5.03. The zero-order valence-electron chi connectivity index (χ0n) is 19.2. The number of rotatable bonds is 5. The molecule has 0 atom stereocenters. The molecule has 0 spiro atoms. The van der Waals surface area contributed by atoms with E-state index in [0.717, 1.165) is 57.0 Å². The van der Waals surface area contributed by atoms with Crippen molar-refractivity contribution in [3.63, 3.8) is 0 Å².